The van der Waals surface area contributed by atoms with Crippen molar-refractivity contribution in [2.24, 2.45) is 10.9 Å². The normalized spacial score (nSPS) is 15.2. The minimum absolute atomic E-state index is 0.0962. The van der Waals surface area contributed by atoms with Crippen LogP contribution in [0.1, 0.15) is 51.1 Å². The summed E-state index contributed by atoms with van der Waals surface area (Å²) >= 11 is 0. The van der Waals surface area contributed by atoms with Gasteiger partial charge < -0.3 is 24.8 Å². The summed E-state index contributed by atoms with van der Waals surface area (Å²) in [7, 11) is 1.71. The Balaban J connectivity index is 1.65. The van der Waals surface area contributed by atoms with Crippen LogP contribution in [0, 0.1) is 11.7 Å². The highest BCUT2D eigenvalue weighted by atomic mass is 19.1. The molecule has 0 radical (unpaired) electrons. The van der Waals surface area contributed by atoms with Crippen LogP contribution in [-0.2, 0) is 9.47 Å². The quantitative estimate of drug-likeness (QED) is 0.279. The van der Waals surface area contributed by atoms with E-state index in [1.807, 2.05) is 13.0 Å². The lowest BCUT2D eigenvalue weighted by molar-refractivity contribution is 0.0487. The fraction of sp³-hybridized carbons (Fsp3) is 0.682. The number of ether oxygens (including phenoxy) is 3. The molecule has 0 spiro atoms. The molecule has 0 heterocycles. The maximum atomic E-state index is 14.3. The Bertz CT molecular complexity index is 623. The minimum Gasteiger partial charge on any atom is -0.490 e. The van der Waals surface area contributed by atoms with Crippen molar-refractivity contribution in [3.05, 3.63) is 29.6 Å². The summed E-state index contributed by atoms with van der Waals surface area (Å²) in [5.74, 6) is 1.25. The predicted molar refractivity (Wildman–Crippen MR) is 114 cm³/mol. The molecule has 7 heteroatoms. The summed E-state index contributed by atoms with van der Waals surface area (Å²) < 4.78 is 30.8. The summed E-state index contributed by atoms with van der Waals surface area (Å²) in [6.45, 7) is 7.91. The first-order chi connectivity index (χ1) is 14.1. The van der Waals surface area contributed by atoms with Gasteiger partial charge >= 0.3 is 0 Å². The van der Waals surface area contributed by atoms with Crippen molar-refractivity contribution in [2.75, 3.05) is 46.6 Å². The van der Waals surface area contributed by atoms with Crippen molar-refractivity contribution in [2.45, 2.75) is 45.6 Å². The smallest absolute Gasteiger partial charge is 0.191 e. The Kier molecular flexibility index (Phi) is 10.8. The number of nitrogens with one attached hydrogen (secondary N) is 2. The number of hydrogen-bond acceptors (Lipinski definition) is 4. The van der Waals surface area contributed by atoms with Gasteiger partial charge in [0.15, 0.2) is 17.5 Å². The maximum Gasteiger partial charge on any atom is 0.191 e. The van der Waals surface area contributed by atoms with Crippen LogP contribution in [0.2, 0.25) is 0 Å². The van der Waals surface area contributed by atoms with Gasteiger partial charge in [0, 0.05) is 20.2 Å². The van der Waals surface area contributed by atoms with Gasteiger partial charge in [-0.05, 0) is 49.8 Å². The Morgan fingerprint density at radius 1 is 1.21 bits per heavy atom. The minimum atomic E-state index is -0.325. The van der Waals surface area contributed by atoms with Crippen LogP contribution in [0.4, 0.5) is 4.39 Å². The molecule has 6 nitrogen and oxygen atoms in total. The molecule has 1 aliphatic carbocycles. The molecule has 0 aliphatic heterocycles. The molecule has 1 aromatic rings. The van der Waals surface area contributed by atoms with E-state index in [1.54, 1.807) is 13.1 Å². The van der Waals surface area contributed by atoms with Crippen LogP contribution in [0.25, 0.3) is 0 Å². The number of unbranched alkanes of at least 4 members (excludes halogenated alkanes) is 1. The molecule has 0 bridgehead atoms. The van der Waals surface area contributed by atoms with E-state index < -0.39 is 0 Å². The van der Waals surface area contributed by atoms with Gasteiger partial charge in [0.1, 0.15) is 0 Å². The Morgan fingerprint density at radius 3 is 2.62 bits per heavy atom. The van der Waals surface area contributed by atoms with E-state index in [1.165, 1.54) is 18.9 Å². The molecule has 1 aliphatic rings. The molecule has 1 aromatic carbocycles. The van der Waals surface area contributed by atoms with Gasteiger partial charge in [-0.15, -0.1) is 0 Å². The highest BCUT2D eigenvalue weighted by Gasteiger charge is 2.22. The van der Waals surface area contributed by atoms with Crippen LogP contribution in [0.5, 0.6) is 5.75 Å². The second-order valence-corrected chi connectivity index (χ2v) is 7.39. The van der Waals surface area contributed by atoms with Crippen LogP contribution in [0.15, 0.2) is 23.2 Å². The third kappa shape index (κ3) is 9.45. The van der Waals surface area contributed by atoms with E-state index in [-0.39, 0.29) is 11.9 Å². The molecule has 1 atom stereocenters. The number of rotatable bonds is 14. The highest BCUT2D eigenvalue weighted by molar-refractivity contribution is 5.80. The topological polar surface area (TPSA) is 64.1 Å². The van der Waals surface area contributed by atoms with E-state index in [4.69, 9.17) is 14.2 Å². The van der Waals surface area contributed by atoms with Gasteiger partial charge in [0.2, 0.25) is 0 Å². The molecule has 29 heavy (non-hydrogen) atoms. The molecule has 2 N–H and O–H groups in total. The zero-order valence-corrected chi connectivity index (χ0v) is 18.0. The third-order valence-corrected chi connectivity index (χ3v) is 4.76. The van der Waals surface area contributed by atoms with Crippen molar-refractivity contribution >= 4 is 5.96 Å². The van der Waals surface area contributed by atoms with Gasteiger partial charge in [0.05, 0.1) is 32.5 Å². The molecule has 0 aromatic heterocycles. The summed E-state index contributed by atoms with van der Waals surface area (Å²) in [6, 6.07) is 5.02. The molecular formula is C22H36FN3O3. The summed E-state index contributed by atoms with van der Waals surface area (Å²) in [6.07, 6.45) is 4.59. The van der Waals surface area contributed by atoms with Gasteiger partial charge in [-0.25, -0.2) is 4.39 Å². The first-order valence-electron chi connectivity index (χ1n) is 10.7. The number of hydrogen-bond donors (Lipinski definition) is 2. The zero-order chi connectivity index (χ0) is 20.9. The SMILES string of the molecule is CCCCOCCOCCNC(=NC)NC(C)c1ccc(OCC2CC2)c(F)c1. The van der Waals surface area contributed by atoms with E-state index in [9.17, 15) is 4.39 Å². The maximum absolute atomic E-state index is 14.3. The van der Waals surface area contributed by atoms with Crippen LogP contribution < -0.4 is 15.4 Å². The second-order valence-electron chi connectivity index (χ2n) is 7.39. The van der Waals surface area contributed by atoms with Gasteiger partial charge in [0.25, 0.3) is 0 Å². The average Bonchev–Trinajstić information content (AvgIpc) is 3.55. The number of aliphatic imine (C=N–C) groups is 1. The van der Waals surface area contributed by atoms with E-state index in [0.29, 0.717) is 50.6 Å². The molecule has 1 fully saturated rings. The molecule has 0 saturated heterocycles. The van der Waals surface area contributed by atoms with Crippen molar-refractivity contribution < 1.29 is 18.6 Å². The zero-order valence-electron chi connectivity index (χ0n) is 18.0. The number of guanidine groups is 1. The van der Waals surface area contributed by atoms with Crippen molar-refractivity contribution in [3.63, 3.8) is 0 Å². The van der Waals surface area contributed by atoms with Gasteiger partial charge in [-0.1, -0.05) is 19.4 Å². The first kappa shape index (κ1) is 23.4. The summed E-state index contributed by atoms with van der Waals surface area (Å²) in [4.78, 5) is 4.21. The fourth-order valence-electron chi connectivity index (χ4n) is 2.69. The molecule has 2 rings (SSSR count). The predicted octanol–water partition coefficient (Wildman–Crippen LogP) is 3.67. The lowest BCUT2D eigenvalue weighted by Crippen LogP contribution is -2.40. The Morgan fingerprint density at radius 2 is 1.97 bits per heavy atom. The van der Waals surface area contributed by atoms with E-state index in [0.717, 1.165) is 25.0 Å². The van der Waals surface area contributed by atoms with Crippen LogP contribution in [0.3, 0.4) is 0 Å². The molecule has 1 unspecified atom stereocenters. The van der Waals surface area contributed by atoms with Gasteiger partial charge in [-0.3, -0.25) is 4.99 Å². The lowest BCUT2D eigenvalue weighted by atomic mass is 10.1. The highest BCUT2D eigenvalue weighted by Crippen LogP contribution is 2.30. The standard InChI is InChI=1S/C22H36FN3O3/c1-4-5-11-27-13-14-28-12-10-25-22(24-3)26-17(2)19-8-9-21(20(23)15-19)29-16-18-6-7-18/h8-9,15,17-18H,4-7,10-14,16H2,1-3H3,(H2,24,25,26). The number of benzene rings is 1. The summed E-state index contributed by atoms with van der Waals surface area (Å²) in [5, 5.41) is 6.47. The van der Waals surface area contributed by atoms with Crippen molar-refractivity contribution in [1.29, 1.82) is 0 Å². The van der Waals surface area contributed by atoms with E-state index in [2.05, 4.69) is 22.5 Å². The summed E-state index contributed by atoms with van der Waals surface area (Å²) in [5.41, 5.74) is 0.838. The number of halogens is 1. The average molecular weight is 410 g/mol. The van der Waals surface area contributed by atoms with Crippen molar-refractivity contribution in [1.82, 2.24) is 10.6 Å². The molecule has 1 saturated carbocycles. The van der Waals surface area contributed by atoms with Gasteiger partial charge in [-0.2, -0.15) is 0 Å². The van der Waals surface area contributed by atoms with Crippen LogP contribution >= 0.6 is 0 Å². The fourth-order valence-corrected chi connectivity index (χ4v) is 2.69. The number of nitrogens with zero attached hydrogens (tertiary/aromatic N) is 1. The third-order valence-electron chi connectivity index (χ3n) is 4.76. The largest absolute Gasteiger partial charge is 0.490 e. The Hall–Kier alpha value is -1.86. The Labute approximate surface area is 174 Å². The first-order valence-corrected chi connectivity index (χ1v) is 10.7. The van der Waals surface area contributed by atoms with Crippen molar-refractivity contribution in [3.8, 4) is 5.75 Å². The molecule has 164 valence electrons. The second kappa shape index (κ2) is 13.4. The lowest BCUT2D eigenvalue weighted by Gasteiger charge is -2.19. The monoisotopic (exact) mass is 409 g/mol. The van der Waals surface area contributed by atoms with Crippen LogP contribution in [-0.4, -0.2) is 52.6 Å². The molecular weight excluding hydrogens is 373 g/mol. The molecule has 0 amide bonds. The van der Waals surface area contributed by atoms with E-state index >= 15 is 0 Å².